The quantitative estimate of drug-likeness (QED) is 0.652. The number of anilines is 1. The van der Waals surface area contributed by atoms with Crippen molar-refractivity contribution in [1.29, 1.82) is 0 Å². The Morgan fingerprint density at radius 3 is 2.33 bits per heavy atom. The predicted octanol–water partition coefficient (Wildman–Crippen LogP) is 5.10. The van der Waals surface area contributed by atoms with E-state index in [4.69, 9.17) is 39.5 Å². The highest BCUT2D eigenvalue weighted by Gasteiger charge is 2.34. The van der Waals surface area contributed by atoms with Gasteiger partial charge < -0.3 is 15.0 Å². The van der Waals surface area contributed by atoms with Gasteiger partial charge in [0, 0.05) is 31.9 Å². The van der Waals surface area contributed by atoms with E-state index >= 15 is 0 Å². The summed E-state index contributed by atoms with van der Waals surface area (Å²) in [4.78, 5) is 2.29. The molecule has 1 N–H and O–H groups in total. The summed E-state index contributed by atoms with van der Waals surface area (Å²) in [5, 5.41) is 3.39. The Labute approximate surface area is 160 Å². The minimum Gasteiger partial charge on any atom is -0.377 e. The van der Waals surface area contributed by atoms with E-state index in [-0.39, 0.29) is 12.1 Å². The normalized spacial score (nSPS) is 20.0. The highest BCUT2D eigenvalue weighted by Crippen LogP contribution is 2.40. The Hall–Kier alpha value is -0.190. The molecule has 1 aliphatic rings. The molecule has 2 atom stereocenters. The van der Waals surface area contributed by atoms with Crippen LogP contribution in [0.1, 0.15) is 44.7 Å². The molecule has 0 bridgehead atoms. The molecule has 2 rings (SSSR count). The molecule has 0 spiro atoms. The van der Waals surface area contributed by atoms with Gasteiger partial charge in [-0.05, 0) is 50.8 Å². The number of alkyl halides is 3. The molecule has 3 nitrogen and oxygen atoms in total. The van der Waals surface area contributed by atoms with Gasteiger partial charge in [-0.1, -0.05) is 46.9 Å². The molecule has 0 radical (unpaired) electrons. The zero-order chi connectivity index (χ0) is 17.6. The largest absolute Gasteiger partial charge is 0.377 e. The lowest BCUT2D eigenvalue weighted by Crippen LogP contribution is -2.39. The second-order valence-electron chi connectivity index (χ2n) is 6.14. The van der Waals surface area contributed by atoms with E-state index in [0.717, 1.165) is 38.1 Å². The number of nitrogens with zero attached hydrogens (tertiary/aromatic N) is 1. The minimum atomic E-state index is -1.41. The number of halogens is 3. The first kappa shape index (κ1) is 20.1. The number of benzene rings is 1. The fourth-order valence-electron chi connectivity index (χ4n) is 3.11. The number of ether oxygens (including phenoxy) is 1. The molecule has 1 saturated heterocycles. The second-order valence-corrected chi connectivity index (χ2v) is 8.50. The molecule has 0 amide bonds. The van der Waals surface area contributed by atoms with Gasteiger partial charge >= 0.3 is 0 Å². The zero-order valence-electron chi connectivity index (χ0n) is 14.4. The Kier molecular flexibility index (Phi) is 7.96. The van der Waals surface area contributed by atoms with Crippen LogP contribution in [0.25, 0.3) is 0 Å². The van der Waals surface area contributed by atoms with E-state index < -0.39 is 3.79 Å². The lowest BCUT2D eigenvalue weighted by atomic mass is 10.1. The van der Waals surface area contributed by atoms with Gasteiger partial charge in [-0.15, -0.1) is 0 Å². The maximum absolute atomic E-state index is 6.23. The van der Waals surface area contributed by atoms with Crippen LogP contribution in [-0.4, -0.2) is 36.1 Å². The van der Waals surface area contributed by atoms with Crippen molar-refractivity contribution in [3.05, 3.63) is 29.8 Å². The monoisotopic (exact) mass is 392 g/mol. The molecule has 1 aromatic rings. The molecule has 0 aromatic heterocycles. The van der Waals surface area contributed by atoms with Crippen molar-refractivity contribution in [2.75, 3.05) is 31.1 Å². The number of rotatable bonds is 7. The molecular formula is C18H27Cl3N2O. The second kappa shape index (κ2) is 9.49. The molecule has 1 aromatic carbocycles. The number of hydrogen-bond donors (Lipinski definition) is 1. The van der Waals surface area contributed by atoms with Crippen LogP contribution in [0.3, 0.4) is 0 Å². The van der Waals surface area contributed by atoms with Crippen molar-refractivity contribution in [2.45, 2.75) is 49.0 Å². The highest BCUT2D eigenvalue weighted by atomic mass is 35.6. The molecule has 24 heavy (non-hydrogen) atoms. The average molecular weight is 394 g/mol. The van der Waals surface area contributed by atoms with Crippen molar-refractivity contribution in [3.63, 3.8) is 0 Å². The maximum atomic E-state index is 6.23. The fourth-order valence-corrected chi connectivity index (χ4v) is 3.72. The zero-order valence-corrected chi connectivity index (χ0v) is 16.7. The average Bonchev–Trinajstić information content (AvgIpc) is 2.57. The van der Waals surface area contributed by atoms with Crippen molar-refractivity contribution >= 4 is 40.5 Å². The lowest BCUT2D eigenvalue weighted by molar-refractivity contribution is 0.0154. The van der Waals surface area contributed by atoms with Gasteiger partial charge in [-0.3, -0.25) is 0 Å². The summed E-state index contributed by atoms with van der Waals surface area (Å²) in [7, 11) is 0. The minimum absolute atomic E-state index is 0.198. The van der Waals surface area contributed by atoms with E-state index in [1.807, 2.05) is 12.1 Å². The Bertz CT molecular complexity index is 480. The standard InChI is InChI=1S/C18H27Cl3N2O/c1-3-23(4-2)15-10-8-14(9-11-15)17(18(19,20)21)22-13-16-7-5-6-12-24-16/h8-11,16-17,22H,3-7,12-13H2,1-2H3. The van der Waals surface area contributed by atoms with E-state index in [9.17, 15) is 0 Å². The molecule has 6 heteroatoms. The number of hydrogen-bond acceptors (Lipinski definition) is 3. The summed E-state index contributed by atoms with van der Waals surface area (Å²) in [6.07, 6.45) is 3.59. The van der Waals surface area contributed by atoms with Crippen LogP contribution < -0.4 is 10.2 Å². The molecule has 1 aliphatic heterocycles. The molecule has 2 unspecified atom stereocenters. The molecule has 136 valence electrons. The molecular weight excluding hydrogens is 367 g/mol. The maximum Gasteiger partial charge on any atom is 0.209 e. The van der Waals surface area contributed by atoms with Crippen LogP contribution in [0, 0.1) is 0 Å². The first-order valence-corrected chi connectivity index (χ1v) is 9.85. The van der Waals surface area contributed by atoms with Gasteiger partial charge in [0.1, 0.15) is 0 Å². The summed E-state index contributed by atoms with van der Waals surface area (Å²) in [6, 6.07) is 7.89. The van der Waals surface area contributed by atoms with Gasteiger partial charge in [-0.25, -0.2) is 0 Å². The summed E-state index contributed by atoms with van der Waals surface area (Å²) >= 11 is 18.7. The van der Waals surface area contributed by atoms with Gasteiger partial charge in [0.05, 0.1) is 12.1 Å². The van der Waals surface area contributed by atoms with E-state index in [1.54, 1.807) is 0 Å². The van der Waals surface area contributed by atoms with Gasteiger partial charge in [0.15, 0.2) is 0 Å². The van der Waals surface area contributed by atoms with E-state index in [2.05, 4.69) is 36.2 Å². The van der Waals surface area contributed by atoms with Crippen LogP contribution in [0.5, 0.6) is 0 Å². The SMILES string of the molecule is CCN(CC)c1ccc(C(NCC2CCCCO2)C(Cl)(Cl)Cl)cc1. The predicted molar refractivity (Wildman–Crippen MR) is 105 cm³/mol. The van der Waals surface area contributed by atoms with E-state index in [0.29, 0.717) is 6.54 Å². The molecule has 0 aliphatic carbocycles. The van der Waals surface area contributed by atoms with Gasteiger partial charge in [0.2, 0.25) is 3.79 Å². The third kappa shape index (κ3) is 5.67. The van der Waals surface area contributed by atoms with Crippen LogP contribution in [0.15, 0.2) is 24.3 Å². The molecule has 1 heterocycles. The molecule has 1 fully saturated rings. The van der Waals surface area contributed by atoms with Crippen LogP contribution in [0.4, 0.5) is 5.69 Å². The van der Waals surface area contributed by atoms with Gasteiger partial charge in [0.25, 0.3) is 0 Å². The topological polar surface area (TPSA) is 24.5 Å². The summed E-state index contributed by atoms with van der Waals surface area (Å²) in [5.74, 6) is 0. The van der Waals surface area contributed by atoms with Crippen LogP contribution in [0.2, 0.25) is 0 Å². The molecule has 0 saturated carbocycles. The van der Waals surface area contributed by atoms with Crippen molar-refractivity contribution in [2.24, 2.45) is 0 Å². The Morgan fingerprint density at radius 2 is 1.83 bits per heavy atom. The first-order valence-electron chi connectivity index (χ1n) is 8.72. The van der Waals surface area contributed by atoms with E-state index in [1.165, 1.54) is 12.1 Å². The third-order valence-electron chi connectivity index (χ3n) is 4.51. The summed E-state index contributed by atoms with van der Waals surface area (Å²) < 4.78 is 4.35. The Morgan fingerprint density at radius 1 is 1.17 bits per heavy atom. The fraction of sp³-hybridized carbons (Fsp3) is 0.667. The Balaban J connectivity index is 2.06. The van der Waals surface area contributed by atoms with Crippen LogP contribution in [-0.2, 0) is 4.74 Å². The van der Waals surface area contributed by atoms with Crippen molar-refractivity contribution < 1.29 is 4.74 Å². The van der Waals surface area contributed by atoms with Crippen molar-refractivity contribution in [1.82, 2.24) is 5.32 Å². The van der Waals surface area contributed by atoms with Crippen molar-refractivity contribution in [3.8, 4) is 0 Å². The summed E-state index contributed by atoms with van der Waals surface area (Å²) in [5.41, 5.74) is 2.16. The van der Waals surface area contributed by atoms with Crippen LogP contribution >= 0.6 is 34.8 Å². The summed E-state index contributed by atoms with van der Waals surface area (Å²) in [6.45, 7) is 7.75. The van der Waals surface area contributed by atoms with Gasteiger partial charge in [-0.2, -0.15) is 0 Å². The number of nitrogens with one attached hydrogen (secondary N) is 1. The third-order valence-corrected chi connectivity index (χ3v) is 5.16. The lowest BCUT2D eigenvalue weighted by Gasteiger charge is -2.30. The smallest absolute Gasteiger partial charge is 0.209 e. The first-order chi connectivity index (χ1) is 11.5. The highest BCUT2D eigenvalue weighted by molar-refractivity contribution is 6.68.